The molecule has 0 aromatic rings. The second kappa shape index (κ2) is 4.58. The Hall–Kier alpha value is -0.600. The lowest BCUT2D eigenvalue weighted by atomic mass is 9.63. The van der Waals surface area contributed by atoms with Gasteiger partial charge in [0.1, 0.15) is 0 Å². The van der Waals surface area contributed by atoms with E-state index in [4.69, 9.17) is 9.47 Å². The van der Waals surface area contributed by atoms with Gasteiger partial charge in [0.2, 0.25) is 0 Å². The van der Waals surface area contributed by atoms with Gasteiger partial charge in [-0.2, -0.15) is 0 Å². The molecule has 1 heterocycles. The highest BCUT2D eigenvalue weighted by Crippen LogP contribution is 2.47. The SMILES string of the molecule is C=C(C)C1OCC2(CO1)[C@@H](C)C=C(C)C[C@@H]2C. The molecule has 2 atom stereocenters. The smallest absolute Gasteiger partial charge is 0.179 e. The molecule has 0 amide bonds. The van der Waals surface area contributed by atoms with Crippen molar-refractivity contribution in [1.29, 1.82) is 0 Å². The first-order valence-corrected chi connectivity index (χ1v) is 6.51. The first kappa shape index (κ1) is 12.8. The molecule has 1 spiro atoms. The summed E-state index contributed by atoms with van der Waals surface area (Å²) in [5.74, 6) is 1.14. The predicted octanol–water partition coefficient (Wildman–Crippen LogP) is 3.54. The molecule has 1 aliphatic carbocycles. The molecule has 17 heavy (non-hydrogen) atoms. The second-order valence-electron chi connectivity index (χ2n) is 5.94. The van der Waals surface area contributed by atoms with Crippen LogP contribution in [-0.2, 0) is 9.47 Å². The van der Waals surface area contributed by atoms with E-state index in [-0.39, 0.29) is 11.7 Å². The topological polar surface area (TPSA) is 18.5 Å². The van der Waals surface area contributed by atoms with Gasteiger partial charge in [0.05, 0.1) is 13.2 Å². The lowest BCUT2D eigenvalue weighted by Crippen LogP contribution is -2.51. The van der Waals surface area contributed by atoms with E-state index >= 15 is 0 Å². The maximum absolute atomic E-state index is 5.86. The molecule has 2 aliphatic rings. The molecule has 96 valence electrons. The Bertz CT molecular complexity index is 335. The van der Waals surface area contributed by atoms with Crippen LogP contribution in [0, 0.1) is 17.3 Å². The van der Waals surface area contributed by atoms with E-state index in [1.807, 2.05) is 6.92 Å². The fraction of sp³-hybridized carbons (Fsp3) is 0.733. The van der Waals surface area contributed by atoms with Gasteiger partial charge in [-0.15, -0.1) is 0 Å². The summed E-state index contributed by atoms with van der Waals surface area (Å²) in [6, 6.07) is 0. The standard InChI is InChI=1S/C15H24O2/c1-10(2)14-16-8-15(9-17-14)12(4)6-11(3)7-13(15)5/h6,12-14H,1,7-9H2,2-5H3/t12-,13-,14?,15?/m0/s1. The Balaban J connectivity index is 2.14. The lowest BCUT2D eigenvalue weighted by molar-refractivity contribution is -0.234. The van der Waals surface area contributed by atoms with Gasteiger partial charge in [-0.05, 0) is 37.7 Å². The van der Waals surface area contributed by atoms with E-state index in [0.717, 1.165) is 25.2 Å². The summed E-state index contributed by atoms with van der Waals surface area (Å²) in [7, 11) is 0. The minimum Gasteiger partial charge on any atom is -0.348 e. The number of hydrogen-bond acceptors (Lipinski definition) is 2. The molecule has 2 heteroatoms. The van der Waals surface area contributed by atoms with Crippen molar-refractivity contribution in [1.82, 2.24) is 0 Å². The summed E-state index contributed by atoms with van der Waals surface area (Å²) in [4.78, 5) is 0. The molecule has 0 N–H and O–H groups in total. The van der Waals surface area contributed by atoms with E-state index in [0.29, 0.717) is 11.8 Å². The third kappa shape index (κ3) is 2.21. The minimum absolute atomic E-state index is 0.158. The molecule has 1 fully saturated rings. The van der Waals surface area contributed by atoms with Crippen LogP contribution in [0.2, 0.25) is 0 Å². The van der Waals surface area contributed by atoms with Crippen molar-refractivity contribution in [3.8, 4) is 0 Å². The van der Waals surface area contributed by atoms with Gasteiger partial charge in [-0.25, -0.2) is 0 Å². The third-order valence-electron chi connectivity index (χ3n) is 4.46. The fourth-order valence-corrected chi connectivity index (χ4v) is 3.18. The maximum atomic E-state index is 5.86. The Morgan fingerprint density at radius 1 is 1.35 bits per heavy atom. The van der Waals surface area contributed by atoms with Crippen LogP contribution in [-0.4, -0.2) is 19.5 Å². The molecule has 0 aromatic carbocycles. The number of ether oxygens (including phenoxy) is 2. The zero-order valence-electron chi connectivity index (χ0n) is 11.5. The Morgan fingerprint density at radius 3 is 2.41 bits per heavy atom. The molecule has 0 aromatic heterocycles. The first-order chi connectivity index (χ1) is 7.95. The normalized spacial score (nSPS) is 42.4. The Morgan fingerprint density at radius 2 is 1.94 bits per heavy atom. The van der Waals surface area contributed by atoms with Crippen molar-refractivity contribution in [3.05, 3.63) is 23.8 Å². The molecular formula is C15H24O2. The van der Waals surface area contributed by atoms with Crippen LogP contribution < -0.4 is 0 Å². The summed E-state index contributed by atoms with van der Waals surface area (Å²) in [6.07, 6.45) is 3.34. The van der Waals surface area contributed by atoms with Gasteiger partial charge in [0.15, 0.2) is 6.29 Å². The summed E-state index contributed by atoms with van der Waals surface area (Å²) >= 11 is 0. The summed E-state index contributed by atoms with van der Waals surface area (Å²) < 4.78 is 11.7. The predicted molar refractivity (Wildman–Crippen MR) is 69.6 cm³/mol. The van der Waals surface area contributed by atoms with E-state index in [1.54, 1.807) is 0 Å². The molecule has 0 radical (unpaired) electrons. The highest BCUT2D eigenvalue weighted by Gasteiger charge is 2.46. The van der Waals surface area contributed by atoms with Gasteiger partial charge in [-0.3, -0.25) is 0 Å². The average molecular weight is 236 g/mol. The monoisotopic (exact) mass is 236 g/mol. The zero-order valence-corrected chi connectivity index (χ0v) is 11.5. The van der Waals surface area contributed by atoms with E-state index in [2.05, 4.69) is 33.4 Å². The van der Waals surface area contributed by atoms with Crippen LogP contribution in [0.15, 0.2) is 23.8 Å². The Kier molecular flexibility index (Phi) is 3.46. The van der Waals surface area contributed by atoms with E-state index in [9.17, 15) is 0 Å². The number of hydrogen-bond donors (Lipinski definition) is 0. The van der Waals surface area contributed by atoms with Crippen molar-refractivity contribution in [2.75, 3.05) is 13.2 Å². The maximum Gasteiger partial charge on any atom is 0.179 e. The molecule has 0 bridgehead atoms. The van der Waals surface area contributed by atoms with E-state index < -0.39 is 0 Å². The Labute approximate surface area is 105 Å². The summed E-state index contributed by atoms with van der Waals surface area (Å²) in [5, 5.41) is 0. The highest BCUT2D eigenvalue weighted by atomic mass is 16.7. The summed E-state index contributed by atoms with van der Waals surface area (Å²) in [5.41, 5.74) is 2.62. The van der Waals surface area contributed by atoms with Gasteiger partial charge in [0.25, 0.3) is 0 Å². The molecule has 0 saturated carbocycles. The molecular weight excluding hydrogens is 212 g/mol. The van der Waals surface area contributed by atoms with Crippen molar-refractivity contribution in [2.45, 2.75) is 40.4 Å². The van der Waals surface area contributed by atoms with Crippen LogP contribution in [0.1, 0.15) is 34.1 Å². The van der Waals surface area contributed by atoms with Crippen molar-refractivity contribution < 1.29 is 9.47 Å². The quantitative estimate of drug-likeness (QED) is 0.648. The van der Waals surface area contributed by atoms with E-state index in [1.165, 1.54) is 5.57 Å². The number of rotatable bonds is 1. The largest absolute Gasteiger partial charge is 0.348 e. The van der Waals surface area contributed by atoms with Crippen LogP contribution in [0.3, 0.4) is 0 Å². The van der Waals surface area contributed by atoms with Crippen LogP contribution in [0.5, 0.6) is 0 Å². The zero-order chi connectivity index (χ0) is 12.6. The second-order valence-corrected chi connectivity index (χ2v) is 5.94. The lowest BCUT2D eigenvalue weighted by Gasteiger charge is -2.49. The molecule has 2 nitrogen and oxygen atoms in total. The van der Waals surface area contributed by atoms with Gasteiger partial charge in [0, 0.05) is 5.41 Å². The van der Waals surface area contributed by atoms with Gasteiger partial charge >= 0.3 is 0 Å². The molecule has 1 saturated heterocycles. The number of allylic oxidation sites excluding steroid dienone is 2. The molecule has 1 aliphatic heterocycles. The van der Waals surface area contributed by atoms with Gasteiger partial charge < -0.3 is 9.47 Å². The van der Waals surface area contributed by atoms with Crippen molar-refractivity contribution in [3.63, 3.8) is 0 Å². The average Bonchev–Trinajstić information content (AvgIpc) is 2.26. The van der Waals surface area contributed by atoms with Crippen LogP contribution in [0.25, 0.3) is 0 Å². The molecule has 0 unspecified atom stereocenters. The first-order valence-electron chi connectivity index (χ1n) is 6.51. The van der Waals surface area contributed by atoms with Crippen molar-refractivity contribution >= 4 is 0 Å². The minimum atomic E-state index is -0.202. The van der Waals surface area contributed by atoms with Crippen LogP contribution in [0.4, 0.5) is 0 Å². The van der Waals surface area contributed by atoms with Crippen LogP contribution >= 0.6 is 0 Å². The highest BCUT2D eigenvalue weighted by molar-refractivity contribution is 5.14. The fourth-order valence-electron chi connectivity index (χ4n) is 3.18. The van der Waals surface area contributed by atoms with Crippen molar-refractivity contribution in [2.24, 2.45) is 17.3 Å². The summed E-state index contributed by atoms with van der Waals surface area (Å²) in [6.45, 7) is 14.3. The molecule has 2 rings (SSSR count). The third-order valence-corrected chi connectivity index (χ3v) is 4.46. The van der Waals surface area contributed by atoms with Gasteiger partial charge in [-0.1, -0.05) is 32.1 Å².